The van der Waals surface area contributed by atoms with Gasteiger partial charge >= 0.3 is 0 Å². The quantitative estimate of drug-likeness (QED) is 0.920. The number of anilines is 2. The molecule has 0 fully saturated rings. The van der Waals surface area contributed by atoms with Gasteiger partial charge < -0.3 is 10.2 Å². The summed E-state index contributed by atoms with van der Waals surface area (Å²) < 4.78 is 0. The van der Waals surface area contributed by atoms with E-state index < -0.39 is 0 Å². The van der Waals surface area contributed by atoms with Gasteiger partial charge in [0.2, 0.25) is 0 Å². The Morgan fingerprint density at radius 1 is 1.29 bits per heavy atom. The molecule has 21 heavy (non-hydrogen) atoms. The van der Waals surface area contributed by atoms with Gasteiger partial charge in [0, 0.05) is 12.4 Å². The van der Waals surface area contributed by atoms with Gasteiger partial charge in [-0.25, -0.2) is 9.97 Å². The molecule has 0 aliphatic carbocycles. The lowest BCUT2D eigenvalue weighted by atomic mass is 10.2. The first-order chi connectivity index (χ1) is 10.1. The number of benzene rings is 1. The van der Waals surface area contributed by atoms with Gasteiger partial charge in [0.25, 0.3) is 0 Å². The van der Waals surface area contributed by atoms with E-state index in [4.69, 9.17) is 11.6 Å². The summed E-state index contributed by atoms with van der Waals surface area (Å²) in [4.78, 5) is 10.6. The topological polar surface area (TPSA) is 41.1 Å². The largest absolute Gasteiger partial charge is 0.341 e. The Kier molecular flexibility index (Phi) is 4.03. The molecule has 0 amide bonds. The molecule has 0 saturated heterocycles. The second kappa shape index (κ2) is 5.95. The number of nitrogens with one attached hydrogen (secondary N) is 1. The number of para-hydroxylation sites is 1. The van der Waals surface area contributed by atoms with Crippen LogP contribution < -0.4 is 10.2 Å². The summed E-state index contributed by atoms with van der Waals surface area (Å²) in [5, 5.41) is 6.19. The van der Waals surface area contributed by atoms with Crippen LogP contribution in [0.2, 0.25) is 5.02 Å². The number of aromatic nitrogens is 2. The SMILES string of the molecule is Cc1nccc(NC2SC=CN2c2c(C)cccc2Cl)n1. The van der Waals surface area contributed by atoms with Crippen molar-refractivity contribution in [3.05, 3.63) is 58.5 Å². The minimum atomic E-state index is 0.0258. The van der Waals surface area contributed by atoms with Crippen LogP contribution in [0.3, 0.4) is 0 Å². The van der Waals surface area contributed by atoms with Crippen LogP contribution in [0.5, 0.6) is 0 Å². The van der Waals surface area contributed by atoms with Crippen molar-refractivity contribution < 1.29 is 0 Å². The van der Waals surface area contributed by atoms with Gasteiger partial charge in [-0.2, -0.15) is 0 Å². The van der Waals surface area contributed by atoms with Gasteiger partial charge in [-0.15, -0.1) is 0 Å². The molecule has 108 valence electrons. The highest BCUT2D eigenvalue weighted by Crippen LogP contribution is 2.37. The number of hydrogen-bond acceptors (Lipinski definition) is 5. The zero-order valence-electron chi connectivity index (χ0n) is 11.7. The summed E-state index contributed by atoms with van der Waals surface area (Å²) in [6.07, 6.45) is 3.79. The Labute approximate surface area is 133 Å². The molecule has 0 bridgehead atoms. The van der Waals surface area contributed by atoms with Gasteiger partial charge in [0.1, 0.15) is 11.6 Å². The first-order valence-electron chi connectivity index (χ1n) is 6.57. The Balaban J connectivity index is 1.87. The van der Waals surface area contributed by atoms with E-state index in [-0.39, 0.29) is 5.50 Å². The fraction of sp³-hybridized carbons (Fsp3) is 0.200. The van der Waals surface area contributed by atoms with Crippen LogP contribution in [0, 0.1) is 13.8 Å². The van der Waals surface area contributed by atoms with E-state index in [1.54, 1.807) is 18.0 Å². The van der Waals surface area contributed by atoms with E-state index in [0.717, 1.165) is 27.9 Å². The highest BCUT2D eigenvalue weighted by atomic mass is 35.5. The van der Waals surface area contributed by atoms with Crippen LogP contribution in [-0.2, 0) is 0 Å². The summed E-state index contributed by atoms with van der Waals surface area (Å²) in [5.41, 5.74) is 2.18. The van der Waals surface area contributed by atoms with E-state index in [0.29, 0.717) is 0 Å². The van der Waals surface area contributed by atoms with Crippen molar-refractivity contribution in [3.8, 4) is 0 Å². The number of nitrogens with zero attached hydrogens (tertiary/aromatic N) is 3. The van der Waals surface area contributed by atoms with Gasteiger partial charge in [0.15, 0.2) is 5.50 Å². The third-order valence-electron chi connectivity index (χ3n) is 3.18. The lowest BCUT2D eigenvalue weighted by Crippen LogP contribution is -2.32. The van der Waals surface area contributed by atoms with Crippen molar-refractivity contribution in [2.24, 2.45) is 0 Å². The van der Waals surface area contributed by atoms with Crippen molar-refractivity contribution in [1.29, 1.82) is 0 Å². The molecule has 0 radical (unpaired) electrons. The number of hydrogen-bond donors (Lipinski definition) is 1. The molecular formula is C15H15ClN4S. The standard InChI is InChI=1S/C15H15ClN4S/c1-10-4-3-5-12(16)14(10)20-8-9-21-15(20)19-13-6-7-17-11(2)18-13/h3-9,15H,1-2H3,(H,17,18,19). The first-order valence-corrected chi connectivity index (χ1v) is 7.89. The van der Waals surface area contributed by atoms with Crippen LogP contribution in [0.1, 0.15) is 11.4 Å². The predicted octanol–water partition coefficient (Wildman–Crippen LogP) is 4.17. The van der Waals surface area contributed by atoms with E-state index >= 15 is 0 Å². The summed E-state index contributed by atoms with van der Waals surface area (Å²) in [5.74, 6) is 1.55. The molecule has 1 unspecified atom stereocenters. The molecule has 6 heteroatoms. The van der Waals surface area contributed by atoms with Crippen molar-refractivity contribution in [3.63, 3.8) is 0 Å². The average Bonchev–Trinajstić information content (AvgIpc) is 2.87. The molecule has 1 N–H and O–H groups in total. The maximum absolute atomic E-state index is 6.36. The van der Waals surface area contributed by atoms with Crippen molar-refractivity contribution in [1.82, 2.24) is 9.97 Å². The van der Waals surface area contributed by atoms with Crippen LogP contribution in [-0.4, -0.2) is 15.5 Å². The Bertz CT molecular complexity index is 669. The first kappa shape index (κ1) is 14.2. The predicted molar refractivity (Wildman–Crippen MR) is 89.6 cm³/mol. The third-order valence-corrected chi connectivity index (χ3v) is 4.36. The number of thioether (sulfide) groups is 1. The van der Waals surface area contributed by atoms with Gasteiger partial charge in [-0.3, -0.25) is 0 Å². The zero-order valence-corrected chi connectivity index (χ0v) is 13.3. The Hall–Kier alpha value is -1.72. The molecule has 4 nitrogen and oxygen atoms in total. The number of aryl methyl sites for hydroxylation is 2. The maximum Gasteiger partial charge on any atom is 0.157 e. The molecule has 1 aliphatic heterocycles. The van der Waals surface area contributed by atoms with E-state index in [2.05, 4.69) is 38.6 Å². The summed E-state index contributed by atoms with van der Waals surface area (Å²) in [6.45, 7) is 3.94. The fourth-order valence-electron chi connectivity index (χ4n) is 2.23. The van der Waals surface area contributed by atoms with E-state index in [1.807, 2.05) is 31.3 Å². The monoisotopic (exact) mass is 318 g/mol. The zero-order chi connectivity index (χ0) is 14.8. The smallest absolute Gasteiger partial charge is 0.157 e. The third kappa shape index (κ3) is 2.99. The molecule has 1 aromatic carbocycles. The Morgan fingerprint density at radius 2 is 2.14 bits per heavy atom. The van der Waals surface area contributed by atoms with Crippen LogP contribution >= 0.6 is 23.4 Å². The van der Waals surface area contributed by atoms with Crippen LogP contribution in [0.25, 0.3) is 0 Å². The number of halogens is 1. The van der Waals surface area contributed by atoms with Crippen LogP contribution in [0.15, 0.2) is 42.1 Å². The van der Waals surface area contributed by atoms with Gasteiger partial charge in [0.05, 0.1) is 10.7 Å². The minimum absolute atomic E-state index is 0.0258. The molecule has 1 aliphatic rings. The summed E-state index contributed by atoms with van der Waals surface area (Å²) in [7, 11) is 0. The highest BCUT2D eigenvalue weighted by molar-refractivity contribution is 8.03. The summed E-state index contributed by atoms with van der Waals surface area (Å²) >= 11 is 8.04. The molecule has 2 aromatic rings. The van der Waals surface area contributed by atoms with Gasteiger partial charge in [-0.05, 0) is 37.0 Å². The molecule has 0 saturated carbocycles. The maximum atomic E-state index is 6.36. The molecule has 1 aromatic heterocycles. The van der Waals surface area contributed by atoms with Crippen LogP contribution in [0.4, 0.5) is 11.5 Å². The molecule has 0 spiro atoms. The fourth-order valence-corrected chi connectivity index (χ4v) is 3.39. The lowest BCUT2D eigenvalue weighted by Gasteiger charge is -2.28. The van der Waals surface area contributed by atoms with Gasteiger partial charge in [-0.1, -0.05) is 35.5 Å². The lowest BCUT2D eigenvalue weighted by molar-refractivity contribution is 0.947. The molecule has 3 rings (SSSR count). The van der Waals surface area contributed by atoms with Crippen molar-refractivity contribution in [2.45, 2.75) is 19.3 Å². The highest BCUT2D eigenvalue weighted by Gasteiger charge is 2.24. The minimum Gasteiger partial charge on any atom is -0.341 e. The van der Waals surface area contributed by atoms with E-state index in [9.17, 15) is 0 Å². The molecular weight excluding hydrogens is 304 g/mol. The summed E-state index contributed by atoms with van der Waals surface area (Å²) in [6, 6.07) is 7.80. The second-order valence-corrected chi connectivity index (χ2v) is 6.12. The number of rotatable bonds is 3. The Morgan fingerprint density at radius 3 is 2.90 bits per heavy atom. The van der Waals surface area contributed by atoms with Crippen molar-refractivity contribution >= 4 is 34.9 Å². The second-order valence-electron chi connectivity index (χ2n) is 4.72. The van der Waals surface area contributed by atoms with Crippen molar-refractivity contribution in [2.75, 3.05) is 10.2 Å². The molecule has 2 heterocycles. The van der Waals surface area contributed by atoms with E-state index in [1.165, 1.54) is 0 Å². The molecule has 1 atom stereocenters. The normalized spacial score (nSPS) is 17.3. The average molecular weight is 319 g/mol.